The molecule has 1 unspecified atom stereocenters. The van der Waals surface area contributed by atoms with E-state index in [1.807, 2.05) is 16.5 Å². The molecule has 0 spiro atoms. The monoisotopic (exact) mass is 305 g/mol. The number of rotatable bonds is 3. The first-order valence-electron chi connectivity index (χ1n) is 7.54. The van der Waals surface area contributed by atoms with Gasteiger partial charge in [-0.15, -0.1) is 10.1 Å². The normalized spacial score (nSPS) is 24.5. The first-order chi connectivity index (χ1) is 10.5. The Morgan fingerprint density at radius 3 is 2.68 bits per heavy atom. The predicted molar refractivity (Wildman–Crippen MR) is 82.0 cm³/mol. The van der Waals surface area contributed by atoms with Crippen LogP contribution in [0.1, 0.15) is 26.7 Å². The van der Waals surface area contributed by atoms with Crippen molar-refractivity contribution in [2.24, 2.45) is 10.1 Å². The van der Waals surface area contributed by atoms with Crippen LogP contribution in [0.5, 0.6) is 0 Å². The Hall–Kier alpha value is -2.25. The van der Waals surface area contributed by atoms with E-state index in [4.69, 9.17) is 0 Å². The zero-order valence-corrected chi connectivity index (χ0v) is 13.4. The van der Waals surface area contributed by atoms with Gasteiger partial charge in [0.2, 0.25) is 11.9 Å². The van der Waals surface area contributed by atoms with E-state index in [9.17, 15) is 9.59 Å². The third-order valence-electron chi connectivity index (χ3n) is 4.15. The van der Waals surface area contributed by atoms with Gasteiger partial charge >= 0.3 is 12.0 Å². The van der Waals surface area contributed by atoms with Gasteiger partial charge < -0.3 is 0 Å². The van der Waals surface area contributed by atoms with Crippen molar-refractivity contribution in [2.45, 2.75) is 32.7 Å². The van der Waals surface area contributed by atoms with Crippen molar-refractivity contribution in [3.05, 3.63) is 0 Å². The minimum Gasteiger partial charge on any atom is -0.270 e. The van der Waals surface area contributed by atoms with Crippen LogP contribution in [0.4, 0.5) is 4.79 Å². The fraction of sp³-hybridized carbons (Fsp3) is 0.643. The van der Waals surface area contributed by atoms with Crippen molar-refractivity contribution in [2.75, 3.05) is 27.2 Å². The standard InChI is InChI=1S/C14H21N6O2/c1-5-6-7-20-13-15-11-10(19(13)8-9(2)16-20)12(21)18(4)14(22)17(11)3/h10H,5-8H2,1-4H3/q+1. The highest BCUT2D eigenvalue weighted by atomic mass is 16.2. The van der Waals surface area contributed by atoms with Crippen molar-refractivity contribution >= 4 is 29.4 Å². The van der Waals surface area contributed by atoms with Crippen molar-refractivity contribution in [1.29, 1.82) is 0 Å². The van der Waals surface area contributed by atoms with Gasteiger partial charge in [0.1, 0.15) is 6.54 Å². The topological polar surface area (TPSA) is 71.6 Å². The summed E-state index contributed by atoms with van der Waals surface area (Å²) in [6.45, 7) is 5.37. The maximum atomic E-state index is 12.5. The third-order valence-corrected chi connectivity index (χ3v) is 4.15. The van der Waals surface area contributed by atoms with E-state index < -0.39 is 6.04 Å². The molecule has 8 heteroatoms. The Kier molecular flexibility index (Phi) is 3.46. The molecule has 3 aliphatic rings. The van der Waals surface area contributed by atoms with Crippen LogP contribution in [-0.2, 0) is 4.79 Å². The van der Waals surface area contributed by atoms with Crippen LogP contribution in [0.2, 0.25) is 0 Å². The Morgan fingerprint density at radius 2 is 2.00 bits per heavy atom. The molecule has 1 fully saturated rings. The number of imide groups is 1. The van der Waals surface area contributed by atoms with E-state index in [0.29, 0.717) is 18.3 Å². The summed E-state index contributed by atoms with van der Waals surface area (Å²) in [6.07, 6.45) is 2.05. The van der Waals surface area contributed by atoms with Gasteiger partial charge in [-0.1, -0.05) is 18.3 Å². The summed E-state index contributed by atoms with van der Waals surface area (Å²) in [5, 5.41) is 6.39. The second-order valence-corrected chi connectivity index (χ2v) is 5.85. The molecule has 3 heterocycles. The van der Waals surface area contributed by atoms with Gasteiger partial charge in [0.15, 0.2) is 0 Å². The van der Waals surface area contributed by atoms with Crippen LogP contribution >= 0.6 is 0 Å². The zero-order valence-electron chi connectivity index (χ0n) is 13.4. The van der Waals surface area contributed by atoms with Gasteiger partial charge in [-0.25, -0.2) is 9.37 Å². The molecule has 0 aliphatic carbocycles. The second kappa shape index (κ2) is 5.19. The molecule has 0 aromatic rings. The molecule has 0 N–H and O–H groups in total. The Balaban J connectivity index is 1.99. The van der Waals surface area contributed by atoms with E-state index in [1.165, 1.54) is 11.9 Å². The lowest BCUT2D eigenvalue weighted by Crippen LogP contribution is -2.62. The molecule has 8 nitrogen and oxygen atoms in total. The van der Waals surface area contributed by atoms with Gasteiger partial charge in [-0.05, 0) is 13.3 Å². The number of carbonyl (C=O) groups excluding carboxylic acids is 2. The van der Waals surface area contributed by atoms with Gasteiger partial charge in [0.05, 0.1) is 12.3 Å². The number of amides is 3. The van der Waals surface area contributed by atoms with Crippen LogP contribution in [0, 0.1) is 0 Å². The van der Waals surface area contributed by atoms with Crippen LogP contribution in [0.3, 0.4) is 0 Å². The van der Waals surface area contributed by atoms with E-state index >= 15 is 0 Å². The molecule has 3 amide bonds. The molecule has 0 aromatic carbocycles. The summed E-state index contributed by atoms with van der Waals surface area (Å²) >= 11 is 0. The summed E-state index contributed by atoms with van der Waals surface area (Å²) in [5.74, 6) is 0.929. The lowest BCUT2D eigenvalue weighted by Gasteiger charge is -2.32. The average molecular weight is 305 g/mol. The van der Waals surface area contributed by atoms with Crippen molar-refractivity contribution in [3.8, 4) is 0 Å². The van der Waals surface area contributed by atoms with E-state index in [-0.39, 0.29) is 11.9 Å². The fourth-order valence-electron chi connectivity index (χ4n) is 2.94. The highest BCUT2D eigenvalue weighted by Crippen LogP contribution is 2.22. The summed E-state index contributed by atoms with van der Waals surface area (Å²) in [7, 11) is 3.16. The lowest BCUT2D eigenvalue weighted by atomic mass is 10.1. The molecule has 0 bridgehead atoms. The molecular formula is C14H21N6O2+. The van der Waals surface area contributed by atoms with Gasteiger partial charge in [-0.2, -0.15) is 0 Å². The number of unbranched alkanes of at least 4 members (excludes halogenated alkanes) is 1. The quantitative estimate of drug-likeness (QED) is 0.697. The second-order valence-electron chi connectivity index (χ2n) is 5.85. The molecule has 1 atom stereocenters. The van der Waals surface area contributed by atoms with E-state index in [1.54, 1.807) is 7.05 Å². The summed E-state index contributed by atoms with van der Waals surface area (Å²) < 4.78 is 1.94. The Bertz CT molecular complexity index is 635. The number of nitrogens with zero attached hydrogens (tertiary/aromatic N) is 6. The first kappa shape index (κ1) is 14.7. The molecule has 3 aliphatic heterocycles. The van der Waals surface area contributed by atoms with Crippen LogP contribution in [0.25, 0.3) is 0 Å². The van der Waals surface area contributed by atoms with Crippen LogP contribution in [-0.4, -0.2) is 82.1 Å². The molecule has 0 radical (unpaired) electrons. The Labute approximate surface area is 129 Å². The SMILES string of the molecule is CCCCN1N=C(C)C[N+]2=C1N=C1C2C(=O)N(C)C(=O)N1C. The van der Waals surface area contributed by atoms with Gasteiger partial charge in [-0.3, -0.25) is 14.6 Å². The molecular weight excluding hydrogens is 284 g/mol. The molecule has 118 valence electrons. The number of hydrogen-bond donors (Lipinski definition) is 0. The van der Waals surface area contributed by atoms with E-state index in [0.717, 1.165) is 30.0 Å². The molecule has 3 rings (SSSR count). The maximum Gasteiger partial charge on any atom is 0.416 e. The van der Waals surface area contributed by atoms with Crippen LogP contribution in [0.15, 0.2) is 10.1 Å². The third kappa shape index (κ3) is 2.01. The highest BCUT2D eigenvalue weighted by molar-refractivity contribution is 6.23. The van der Waals surface area contributed by atoms with Crippen molar-refractivity contribution in [1.82, 2.24) is 14.8 Å². The fourth-order valence-corrected chi connectivity index (χ4v) is 2.94. The predicted octanol–water partition coefficient (Wildman–Crippen LogP) is 0.151. The van der Waals surface area contributed by atoms with Crippen molar-refractivity contribution in [3.63, 3.8) is 0 Å². The van der Waals surface area contributed by atoms with Crippen LogP contribution < -0.4 is 0 Å². The molecule has 0 saturated carbocycles. The summed E-state index contributed by atoms with van der Waals surface area (Å²) in [5.41, 5.74) is 0.936. The average Bonchev–Trinajstić information content (AvgIpc) is 2.87. The Morgan fingerprint density at radius 1 is 1.27 bits per heavy atom. The number of hydrogen-bond acceptors (Lipinski definition) is 5. The zero-order chi connectivity index (χ0) is 16.0. The minimum atomic E-state index is -0.530. The number of fused-ring (bicyclic) bond motifs is 2. The molecule has 0 aromatic heterocycles. The number of amidine groups is 1. The number of likely N-dealkylation sites (N-methyl/N-ethyl adjacent to an activating group) is 2. The number of urea groups is 1. The number of aliphatic imine (C=N–C) groups is 1. The number of carbonyl (C=O) groups is 2. The summed E-state index contributed by atoms with van der Waals surface area (Å²) in [6, 6.07) is -0.879. The highest BCUT2D eigenvalue weighted by Gasteiger charge is 2.53. The summed E-state index contributed by atoms with van der Waals surface area (Å²) in [4.78, 5) is 31.8. The number of guanidine groups is 1. The first-order valence-corrected chi connectivity index (χ1v) is 7.54. The van der Waals surface area contributed by atoms with Gasteiger partial charge in [0, 0.05) is 14.1 Å². The lowest BCUT2D eigenvalue weighted by molar-refractivity contribution is -0.527. The van der Waals surface area contributed by atoms with Crippen molar-refractivity contribution < 1.29 is 14.2 Å². The largest absolute Gasteiger partial charge is 0.416 e. The smallest absolute Gasteiger partial charge is 0.270 e. The van der Waals surface area contributed by atoms with Gasteiger partial charge in [0.25, 0.3) is 5.91 Å². The minimum absolute atomic E-state index is 0.234. The number of hydrazone groups is 1. The molecule has 1 saturated heterocycles. The van der Waals surface area contributed by atoms with E-state index in [2.05, 4.69) is 17.0 Å². The maximum absolute atomic E-state index is 12.5. The molecule has 22 heavy (non-hydrogen) atoms.